The summed E-state index contributed by atoms with van der Waals surface area (Å²) < 4.78 is 63.6. The van der Waals surface area contributed by atoms with Crippen molar-refractivity contribution in [1.82, 2.24) is 4.98 Å². The molecule has 0 saturated carbocycles. The Morgan fingerprint density at radius 2 is 1.76 bits per heavy atom. The van der Waals surface area contributed by atoms with Crippen LogP contribution >= 0.6 is 0 Å². The number of ether oxygens (including phenoxy) is 2. The quantitative estimate of drug-likeness (QED) is 0.567. The van der Waals surface area contributed by atoms with E-state index in [1.165, 1.54) is 31.5 Å². The van der Waals surface area contributed by atoms with Crippen molar-refractivity contribution >= 4 is 5.69 Å². The molecule has 0 fully saturated rings. The number of pyridine rings is 1. The first kappa shape index (κ1) is 20.2. The van der Waals surface area contributed by atoms with Gasteiger partial charge in [0, 0.05) is 36.1 Å². The molecule has 0 aliphatic rings. The number of rotatable bonds is 6. The maximum atomic E-state index is 13.4. The van der Waals surface area contributed by atoms with Crippen LogP contribution in [0.1, 0.15) is 11.1 Å². The maximum absolute atomic E-state index is 13.4. The molecule has 0 aliphatic heterocycles. The molecule has 0 unspecified atom stereocenters. The average molecular weight is 408 g/mol. The number of aromatic nitrogens is 1. The van der Waals surface area contributed by atoms with Gasteiger partial charge < -0.3 is 19.8 Å². The highest BCUT2D eigenvalue weighted by molar-refractivity contribution is 5.49. The molecule has 0 bridgehead atoms. The lowest BCUT2D eigenvalue weighted by Crippen LogP contribution is -2.10. The molecular weight excluding hydrogens is 392 g/mol. The summed E-state index contributed by atoms with van der Waals surface area (Å²) in [6.45, 7) is -0.0494. The molecule has 3 rings (SSSR count). The topological polar surface area (TPSA) is 63.4 Å². The molecule has 5 nitrogen and oxygen atoms in total. The average Bonchev–Trinajstić information content (AvgIpc) is 2.67. The molecular formula is C20H16F4N2O3. The van der Waals surface area contributed by atoms with Crippen molar-refractivity contribution in [2.45, 2.75) is 12.7 Å². The number of benzene rings is 2. The van der Waals surface area contributed by atoms with E-state index < -0.39 is 17.6 Å². The van der Waals surface area contributed by atoms with Crippen molar-refractivity contribution < 1.29 is 27.0 Å². The van der Waals surface area contributed by atoms with E-state index in [0.717, 1.165) is 24.3 Å². The first-order chi connectivity index (χ1) is 13.8. The van der Waals surface area contributed by atoms with Gasteiger partial charge in [0.2, 0.25) is 5.56 Å². The largest absolute Gasteiger partial charge is 0.493 e. The van der Waals surface area contributed by atoms with E-state index in [1.54, 1.807) is 6.07 Å². The molecule has 1 aromatic heterocycles. The minimum atomic E-state index is -4.54. The predicted molar refractivity (Wildman–Crippen MR) is 98.9 cm³/mol. The Hall–Kier alpha value is -3.49. The van der Waals surface area contributed by atoms with Crippen LogP contribution in [0.25, 0.3) is 0 Å². The summed E-state index contributed by atoms with van der Waals surface area (Å²) in [5, 5.41) is 2.89. The van der Waals surface area contributed by atoms with Crippen molar-refractivity contribution in [3.05, 3.63) is 82.0 Å². The minimum absolute atomic E-state index is 0.0494. The van der Waals surface area contributed by atoms with E-state index in [2.05, 4.69) is 10.3 Å². The number of H-pyrrole nitrogens is 1. The Bertz CT molecular complexity index is 1060. The molecule has 3 aromatic rings. The van der Waals surface area contributed by atoms with E-state index >= 15 is 0 Å². The molecule has 29 heavy (non-hydrogen) atoms. The van der Waals surface area contributed by atoms with Crippen LogP contribution in [0.5, 0.6) is 17.2 Å². The Balaban J connectivity index is 1.94. The zero-order chi connectivity index (χ0) is 21.0. The standard InChI is InChI=1S/C20H16F4N2O3/c1-28-18-9-14(21)3-5-17(18)29-16-4-2-13(20(22,23)24)8-12(16)11-26-15-6-7-25-19(27)10-15/h2-10H,11H2,1H3,(H2,25,26,27). The van der Waals surface area contributed by atoms with Crippen LogP contribution in [0.2, 0.25) is 0 Å². The Labute approximate surface area is 162 Å². The van der Waals surface area contributed by atoms with Gasteiger partial charge in [-0.1, -0.05) is 0 Å². The normalized spacial score (nSPS) is 11.2. The third kappa shape index (κ3) is 5.07. The SMILES string of the molecule is COc1cc(F)ccc1Oc1ccc(C(F)(F)F)cc1CNc1cc[nH]c(=O)c1. The predicted octanol–water partition coefficient (Wildman–Crippen LogP) is 4.95. The maximum Gasteiger partial charge on any atom is 0.416 e. The first-order valence-electron chi connectivity index (χ1n) is 8.40. The summed E-state index contributed by atoms with van der Waals surface area (Å²) in [4.78, 5) is 13.8. The van der Waals surface area contributed by atoms with E-state index in [9.17, 15) is 22.4 Å². The minimum Gasteiger partial charge on any atom is -0.493 e. The van der Waals surface area contributed by atoms with Crippen LogP contribution in [0, 0.1) is 5.82 Å². The molecule has 0 atom stereocenters. The number of hydrogen-bond acceptors (Lipinski definition) is 4. The number of nitrogens with one attached hydrogen (secondary N) is 2. The molecule has 0 aliphatic carbocycles. The van der Waals surface area contributed by atoms with Gasteiger partial charge in [0.1, 0.15) is 11.6 Å². The summed E-state index contributed by atoms with van der Waals surface area (Å²) in [5.41, 5.74) is -0.590. The Morgan fingerprint density at radius 1 is 1.00 bits per heavy atom. The van der Waals surface area contributed by atoms with Gasteiger partial charge in [-0.2, -0.15) is 13.2 Å². The molecule has 1 heterocycles. The van der Waals surface area contributed by atoms with Gasteiger partial charge in [-0.15, -0.1) is 0 Å². The third-order valence-electron chi connectivity index (χ3n) is 3.99. The van der Waals surface area contributed by atoms with E-state index in [4.69, 9.17) is 9.47 Å². The smallest absolute Gasteiger partial charge is 0.416 e. The Morgan fingerprint density at radius 3 is 2.45 bits per heavy atom. The fraction of sp³-hybridized carbons (Fsp3) is 0.150. The second-order valence-corrected chi connectivity index (χ2v) is 6.01. The molecule has 0 amide bonds. The van der Waals surface area contributed by atoms with E-state index in [-0.39, 0.29) is 34.9 Å². The fourth-order valence-electron chi connectivity index (χ4n) is 2.59. The van der Waals surface area contributed by atoms with Crippen LogP contribution in [0.3, 0.4) is 0 Å². The van der Waals surface area contributed by atoms with Crippen molar-refractivity contribution in [2.75, 3.05) is 12.4 Å². The van der Waals surface area contributed by atoms with Crippen LogP contribution in [-0.2, 0) is 12.7 Å². The third-order valence-corrected chi connectivity index (χ3v) is 3.99. The van der Waals surface area contributed by atoms with Gasteiger partial charge in [-0.3, -0.25) is 4.79 Å². The van der Waals surface area contributed by atoms with Gasteiger partial charge in [0.15, 0.2) is 11.5 Å². The van der Waals surface area contributed by atoms with Crippen LogP contribution in [0.4, 0.5) is 23.2 Å². The lowest BCUT2D eigenvalue weighted by molar-refractivity contribution is -0.137. The number of hydrogen-bond donors (Lipinski definition) is 2. The summed E-state index contributed by atoms with van der Waals surface area (Å²) in [6, 6.07) is 9.44. The van der Waals surface area contributed by atoms with Crippen molar-refractivity contribution in [3.8, 4) is 17.2 Å². The number of aromatic amines is 1. The van der Waals surface area contributed by atoms with Gasteiger partial charge in [0.05, 0.1) is 12.7 Å². The van der Waals surface area contributed by atoms with Crippen molar-refractivity contribution in [3.63, 3.8) is 0 Å². The summed E-state index contributed by atoms with van der Waals surface area (Å²) in [6.07, 6.45) is -3.12. The zero-order valence-electron chi connectivity index (χ0n) is 15.1. The highest BCUT2D eigenvalue weighted by Crippen LogP contribution is 2.37. The van der Waals surface area contributed by atoms with Gasteiger partial charge >= 0.3 is 6.18 Å². The number of alkyl halides is 3. The second kappa shape index (κ2) is 8.26. The van der Waals surface area contributed by atoms with Crippen molar-refractivity contribution in [1.29, 1.82) is 0 Å². The van der Waals surface area contributed by atoms with Crippen LogP contribution < -0.4 is 20.3 Å². The molecule has 152 valence electrons. The lowest BCUT2D eigenvalue weighted by atomic mass is 10.1. The number of halogens is 4. The number of methoxy groups -OCH3 is 1. The molecule has 9 heteroatoms. The highest BCUT2D eigenvalue weighted by Gasteiger charge is 2.31. The van der Waals surface area contributed by atoms with Crippen molar-refractivity contribution in [2.24, 2.45) is 0 Å². The van der Waals surface area contributed by atoms with Gasteiger partial charge in [-0.25, -0.2) is 4.39 Å². The summed E-state index contributed by atoms with van der Waals surface area (Å²) in [7, 11) is 1.32. The summed E-state index contributed by atoms with van der Waals surface area (Å²) >= 11 is 0. The Kier molecular flexibility index (Phi) is 5.76. The lowest BCUT2D eigenvalue weighted by Gasteiger charge is -2.16. The number of anilines is 1. The first-order valence-corrected chi connectivity index (χ1v) is 8.40. The summed E-state index contributed by atoms with van der Waals surface area (Å²) in [5.74, 6) is -0.178. The monoisotopic (exact) mass is 408 g/mol. The fourth-order valence-corrected chi connectivity index (χ4v) is 2.59. The van der Waals surface area contributed by atoms with Crippen LogP contribution in [-0.4, -0.2) is 12.1 Å². The molecule has 0 radical (unpaired) electrons. The van der Waals surface area contributed by atoms with Crippen LogP contribution in [0.15, 0.2) is 59.5 Å². The molecule has 2 aromatic carbocycles. The molecule has 0 saturated heterocycles. The van der Waals surface area contributed by atoms with E-state index in [1.807, 2.05) is 0 Å². The molecule has 0 spiro atoms. The van der Waals surface area contributed by atoms with Gasteiger partial charge in [-0.05, 0) is 36.4 Å². The molecule has 2 N–H and O–H groups in total. The second-order valence-electron chi connectivity index (χ2n) is 6.01. The van der Waals surface area contributed by atoms with E-state index in [0.29, 0.717) is 5.69 Å². The highest BCUT2D eigenvalue weighted by atomic mass is 19.4. The van der Waals surface area contributed by atoms with Gasteiger partial charge in [0.25, 0.3) is 0 Å². The zero-order valence-corrected chi connectivity index (χ0v) is 15.1.